The minimum Gasteiger partial charge on any atom is -0.341 e. The molecule has 0 aliphatic heterocycles. The molecule has 2 aromatic heterocycles. The Morgan fingerprint density at radius 3 is 2.66 bits per heavy atom. The molecule has 7 heteroatoms. The van der Waals surface area contributed by atoms with Gasteiger partial charge >= 0.3 is 0 Å². The number of para-hydroxylation sites is 2. The maximum atomic E-state index is 13.0. The third-order valence-electron chi connectivity index (χ3n) is 5.08. The van der Waals surface area contributed by atoms with Crippen molar-refractivity contribution in [1.82, 2.24) is 20.1 Å². The second-order valence-electron chi connectivity index (χ2n) is 7.32. The van der Waals surface area contributed by atoms with Gasteiger partial charge in [-0.1, -0.05) is 36.4 Å². The molecule has 0 aliphatic carbocycles. The van der Waals surface area contributed by atoms with Crippen LogP contribution in [0, 0.1) is 0 Å². The first kappa shape index (κ1) is 21.0. The van der Waals surface area contributed by atoms with Gasteiger partial charge in [0, 0.05) is 43.4 Å². The molecule has 2 N–H and O–H groups in total. The molecule has 0 radical (unpaired) electrons. The van der Waals surface area contributed by atoms with E-state index >= 15 is 0 Å². The fraction of sp³-hybridized carbons (Fsp3) is 0.120. The number of carbonyl (C=O) groups is 2. The summed E-state index contributed by atoms with van der Waals surface area (Å²) >= 11 is 0. The van der Waals surface area contributed by atoms with Crippen molar-refractivity contribution in [2.75, 3.05) is 18.9 Å². The highest BCUT2D eigenvalue weighted by Gasteiger charge is 2.16. The molecule has 2 amide bonds. The van der Waals surface area contributed by atoms with Gasteiger partial charge in [0.2, 0.25) is 5.91 Å². The first-order valence-electron chi connectivity index (χ1n) is 10.3. The average molecular weight is 425 g/mol. The second-order valence-corrected chi connectivity index (χ2v) is 7.32. The second kappa shape index (κ2) is 9.70. The van der Waals surface area contributed by atoms with Crippen molar-refractivity contribution in [1.29, 1.82) is 0 Å². The lowest BCUT2D eigenvalue weighted by Crippen LogP contribution is -2.30. The lowest BCUT2D eigenvalue weighted by molar-refractivity contribution is -0.111. The quantitative estimate of drug-likeness (QED) is 0.439. The number of amides is 2. The zero-order valence-corrected chi connectivity index (χ0v) is 17.7. The number of benzene rings is 2. The van der Waals surface area contributed by atoms with Crippen LogP contribution in [0.15, 0.2) is 79.0 Å². The third-order valence-corrected chi connectivity index (χ3v) is 5.08. The molecule has 2 aromatic carbocycles. The lowest BCUT2D eigenvalue weighted by atomic mass is 10.1. The Labute approximate surface area is 185 Å². The van der Waals surface area contributed by atoms with E-state index in [4.69, 9.17) is 0 Å². The molecule has 0 unspecified atom stereocenters. The molecular weight excluding hydrogens is 402 g/mol. The number of carbonyl (C=O) groups excluding carboxylic acids is 2. The fourth-order valence-electron chi connectivity index (χ4n) is 3.35. The van der Waals surface area contributed by atoms with Gasteiger partial charge < -0.3 is 10.2 Å². The summed E-state index contributed by atoms with van der Waals surface area (Å²) in [7, 11) is 1.74. The van der Waals surface area contributed by atoms with E-state index in [9.17, 15) is 9.59 Å². The molecule has 0 atom stereocenters. The Balaban J connectivity index is 1.43. The number of hydrogen-bond donors (Lipinski definition) is 2. The van der Waals surface area contributed by atoms with E-state index in [0.717, 1.165) is 16.6 Å². The van der Waals surface area contributed by atoms with E-state index in [1.807, 2.05) is 42.5 Å². The van der Waals surface area contributed by atoms with Gasteiger partial charge in [-0.3, -0.25) is 19.7 Å². The topological polar surface area (TPSA) is 91.0 Å². The minimum atomic E-state index is -0.339. The van der Waals surface area contributed by atoms with Crippen molar-refractivity contribution in [3.63, 3.8) is 0 Å². The first-order chi connectivity index (χ1) is 15.6. The summed E-state index contributed by atoms with van der Waals surface area (Å²) in [5.41, 5.74) is 3.39. The van der Waals surface area contributed by atoms with Crippen molar-refractivity contribution in [2.45, 2.75) is 6.42 Å². The molecule has 0 aliphatic rings. The van der Waals surface area contributed by atoms with Gasteiger partial charge in [0.15, 0.2) is 0 Å². The van der Waals surface area contributed by atoms with E-state index in [1.54, 1.807) is 48.5 Å². The molecule has 0 bridgehead atoms. The highest BCUT2D eigenvalue weighted by molar-refractivity contribution is 6.08. The van der Waals surface area contributed by atoms with E-state index in [0.29, 0.717) is 29.9 Å². The van der Waals surface area contributed by atoms with Crippen LogP contribution in [-0.2, 0) is 11.2 Å². The summed E-state index contributed by atoms with van der Waals surface area (Å²) in [5.74, 6) is -0.507. The number of aromatic nitrogens is 3. The number of nitrogens with zero attached hydrogens (tertiary/aromatic N) is 3. The maximum Gasteiger partial charge on any atom is 0.255 e. The first-order valence-corrected chi connectivity index (χ1v) is 10.3. The van der Waals surface area contributed by atoms with E-state index in [1.165, 1.54) is 6.08 Å². The number of hydrogen-bond acceptors (Lipinski definition) is 4. The van der Waals surface area contributed by atoms with Crippen LogP contribution in [0.3, 0.4) is 0 Å². The Morgan fingerprint density at radius 2 is 1.81 bits per heavy atom. The van der Waals surface area contributed by atoms with Crippen molar-refractivity contribution in [2.24, 2.45) is 0 Å². The van der Waals surface area contributed by atoms with Crippen LogP contribution in [0.4, 0.5) is 5.69 Å². The third kappa shape index (κ3) is 4.89. The molecular formula is C25H23N5O2. The number of rotatable bonds is 7. The summed E-state index contributed by atoms with van der Waals surface area (Å²) in [6.45, 7) is 0.518. The Hall–Kier alpha value is -4.26. The molecule has 4 aromatic rings. The van der Waals surface area contributed by atoms with Crippen molar-refractivity contribution in [3.8, 4) is 0 Å². The van der Waals surface area contributed by atoms with Crippen LogP contribution in [0.5, 0.6) is 0 Å². The monoisotopic (exact) mass is 425 g/mol. The van der Waals surface area contributed by atoms with Crippen LogP contribution in [0.2, 0.25) is 0 Å². The highest BCUT2D eigenvalue weighted by atomic mass is 16.2. The maximum absolute atomic E-state index is 13.0. The van der Waals surface area contributed by atoms with E-state index in [2.05, 4.69) is 20.5 Å². The Morgan fingerprint density at radius 1 is 1.03 bits per heavy atom. The van der Waals surface area contributed by atoms with Gasteiger partial charge in [0.1, 0.15) is 0 Å². The molecule has 0 spiro atoms. The molecule has 0 fully saturated rings. The van der Waals surface area contributed by atoms with Crippen molar-refractivity contribution >= 4 is 34.5 Å². The average Bonchev–Trinajstić information content (AvgIpc) is 3.25. The molecule has 0 saturated heterocycles. The summed E-state index contributed by atoms with van der Waals surface area (Å²) < 4.78 is 0. The molecule has 0 saturated carbocycles. The number of pyridine rings is 1. The zero-order valence-electron chi connectivity index (χ0n) is 17.7. The standard InChI is InChI=1S/C25H23N5O2/c1-30(17-15-18-8-6-7-16-26-18)25(32)20-10-3-4-11-21(20)27-24(31)14-13-23-19-9-2-5-12-22(19)28-29-23/h2-14,16H,15,17H2,1H3,(H,27,31)(H,28,29). The smallest absolute Gasteiger partial charge is 0.255 e. The normalized spacial score (nSPS) is 11.0. The van der Waals surface area contributed by atoms with Gasteiger partial charge in [-0.15, -0.1) is 0 Å². The van der Waals surface area contributed by atoms with Gasteiger partial charge in [-0.25, -0.2) is 0 Å². The molecule has 32 heavy (non-hydrogen) atoms. The number of likely N-dealkylation sites (N-methyl/N-ethyl adjacent to an activating group) is 1. The predicted molar refractivity (Wildman–Crippen MR) is 125 cm³/mol. The largest absolute Gasteiger partial charge is 0.341 e. The number of H-pyrrole nitrogens is 1. The van der Waals surface area contributed by atoms with E-state index < -0.39 is 0 Å². The van der Waals surface area contributed by atoms with Crippen LogP contribution >= 0.6 is 0 Å². The van der Waals surface area contributed by atoms with Crippen molar-refractivity contribution in [3.05, 3.63) is 96.0 Å². The zero-order chi connectivity index (χ0) is 22.3. The molecule has 160 valence electrons. The van der Waals surface area contributed by atoms with Crippen LogP contribution < -0.4 is 5.32 Å². The highest BCUT2D eigenvalue weighted by Crippen LogP contribution is 2.19. The molecule has 4 rings (SSSR count). The Kier molecular flexibility index (Phi) is 6.36. The van der Waals surface area contributed by atoms with Crippen LogP contribution in [-0.4, -0.2) is 45.5 Å². The van der Waals surface area contributed by atoms with Gasteiger partial charge in [-0.05, 0) is 36.4 Å². The van der Waals surface area contributed by atoms with Gasteiger partial charge in [0.05, 0.1) is 22.5 Å². The number of aromatic amines is 1. The van der Waals surface area contributed by atoms with Crippen LogP contribution in [0.1, 0.15) is 21.7 Å². The predicted octanol–water partition coefficient (Wildman–Crippen LogP) is 3.92. The summed E-state index contributed by atoms with van der Waals surface area (Å²) in [6, 6.07) is 20.4. The van der Waals surface area contributed by atoms with Crippen molar-refractivity contribution < 1.29 is 9.59 Å². The summed E-state index contributed by atoms with van der Waals surface area (Å²) in [5, 5.41) is 10.9. The van der Waals surface area contributed by atoms with Gasteiger partial charge in [-0.2, -0.15) is 5.10 Å². The molecule has 2 heterocycles. The summed E-state index contributed by atoms with van der Waals surface area (Å²) in [6.07, 6.45) is 5.45. The minimum absolute atomic E-state index is 0.167. The summed E-state index contributed by atoms with van der Waals surface area (Å²) in [4.78, 5) is 31.4. The Bertz CT molecular complexity index is 1260. The van der Waals surface area contributed by atoms with E-state index in [-0.39, 0.29) is 11.8 Å². The number of anilines is 1. The fourth-order valence-corrected chi connectivity index (χ4v) is 3.35. The van der Waals surface area contributed by atoms with Gasteiger partial charge in [0.25, 0.3) is 5.91 Å². The lowest BCUT2D eigenvalue weighted by Gasteiger charge is -2.19. The molecule has 7 nitrogen and oxygen atoms in total. The van der Waals surface area contributed by atoms with Crippen LogP contribution in [0.25, 0.3) is 17.0 Å². The number of nitrogens with one attached hydrogen (secondary N) is 2. The SMILES string of the molecule is CN(CCc1ccccn1)C(=O)c1ccccc1NC(=O)C=Cc1n[nH]c2ccccc12. The number of fused-ring (bicyclic) bond motifs is 1.